The highest BCUT2D eigenvalue weighted by atomic mass is 16.2. The number of nitrogens with one attached hydrogen (secondary N) is 1. The van der Waals surface area contributed by atoms with Gasteiger partial charge in [0, 0.05) is 38.3 Å². The molecule has 3 unspecified atom stereocenters. The Morgan fingerprint density at radius 2 is 2.06 bits per heavy atom. The number of piperazine rings is 1. The van der Waals surface area contributed by atoms with Crippen LogP contribution in [0.3, 0.4) is 0 Å². The molecule has 18 heavy (non-hydrogen) atoms. The predicted molar refractivity (Wildman–Crippen MR) is 69.9 cm³/mol. The number of carbonyl (C=O) groups is 1. The third kappa shape index (κ3) is 2.13. The summed E-state index contributed by atoms with van der Waals surface area (Å²) in [5, 5.41) is 3.54. The zero-order valence-corrected chi connectivity index (χ0v) is 10.8. The van der Waals surface area contributed by atoms with E-state index in [1.807, 2.05) is 4.90 Å². The van der Waals surface area contributed by atoms with Crippen molar-refractivity contribution in [3.63, 3.8) is 0 Å². The average Bonchev–Trinajstić information content (AvgIpc) is 3.01. The molecule has 0 aromatic carbocycles. The van der Waals surface area contributed by atoms with Gasteiger partial charge in [-0.3, -0.25) is 9.69 Å². The molecule has 1 amide bonds. The van der Waals surface area contributed by atoms with Gasteiger partial charge in [-0.1, -0.05) is 5.92 Å². The molecule has 3 aliphatic heterocycles. The first-order valence-corrected chi connectivity index (χ1v) is 6.98. The third-order valence-corrected chi connectivity index (χ3v) is 4.62. The van der Waals surface area contributed by atoms with E-state index in [0.29, 0.717) is 24.5 Å². The number of nitrogens with zero attached hydrogens (tertiary/aromatic N) is 2. The number of terminal acetylenes is 1. The molecule has 1 N–H and O–H groups in total. The second-order valence-electron chi connectivity index (χ2n) is 5.70. The number of fused-ring (bicyclic) bond motifs is 2. The normalized spacial score (nSPS) is 35.7. The van der Waals surface area contributed by atoms with E-state index in [2.05, 4.69) is 16.1 Å². The highest BCUT2D eigenvalue weighted by molar-refractivity contribution is 5.80. The highest BCUT2D eigenvalue weighted by Crippen LogP contribution is 2.34. The highest BCUT2D eigenvalue weighted by Gasteiger charge is 2.44. The molecule has 0 spiro atoms. The van der Waals surface area contributed by atoms with Crippen molar-refractivity contribution < 1.29 is 4.79 Å². The number of amides is 1. The first kappa shape index (κ1) is 12.0. The van der Waals surface area contributed by atoms with Gasteiger partial charge >= 0.3 is 0 Å². The van der Waals surface area contributed by atoms with E-state index in [1.54, 1.807) is 0 Å². The standard InChI is InChI=1S/C14H21N3O/c1-2-5-16-6-8-17(9-7-16)14(18)12-10-11-3-4-13(12)15-11/h1,11-13,15H,3-10H2. The Balaban J connectivity index is 1.54. The van der Waals surface area contributed by atoms with E-state index in [-0.39, 0.29) is 5.92 Å². The minimum atomic E-state index is 0.239. The van der Waals surface area contributed by atoms with Crippen molar-refractivity contribution in [2.24, 2.45) is 5.92 Å². The summed E-state index contributed by atoms with van der Waals surface area (Å²) in [6.45, 7) is 4.23. The first-order chi connectivity index (χ1) is 8.78. The molecule has 3 fully saturated rings. The lowest BCUT2D eigenvalue weighted by molar-refractivity contribution is -0.137. The van der Waals surface area contributed by atoms with Crippen LogP contribution in [0.1, 0.15) is 19.3 Å². The van der Waals surface area contributed by atoms with Crippen LogP contribution >= 0.6 is 0 Å². The summed E-state index contributed by atoms with van der Waals surface area (Å²) in [6, 6.07) is 1.05. The van der Waals surface area contributed by atoms with Crippen LogP contribution in [-0.4, -0.2) is 60.5 Å². The summed E-state index contributed by atoms with van der Waals surface area (Å²) in [4.78, 5) is 16.8. The van der Waals surface area contributed by atoms with E-state index < -0.39 is 0 Å². The zero-order chi connectivity index (χ0) is 12.5. The van der Waals surface area contributed by atoms with Gasteiger partial charge in [0.1, 0.15) is 0 Å². The SMILES string of the molecule is C#CCN1CCN(C(=O)C2CC3CCC2N3)CC1. The maximum absolute atomic E-state index is 12.5. The molecule has 0 aromatic rings. The Morgan fingerprint density at radius 1 is 1.28 bits per heavy atom. The number of hydrogen-bond acceptors (Lipinski definition) is 3. The molecule has 0 aromatic heterocycles. The van der Waals surface area contributed by atoms with Crippen molar-refractivity contribution in [1.29, 1.82) is 0 Å². The molecule has 3 aliphatic rings. The molecular weight excluding hydrogens is 226 g/mol. The lowest BCUT2D eigenvalue weighted by atomic mass is 9.88. The van der Waals surface area contributed by atoms with Crippen molar-refractivity contribution in [3.05, 3.63) is 0 Å². The fourth-order valence-electron chi connectivity index (χ4n) is 3.59. The van der Waals surface area contributed by atoms with Crippen LogP contribution in [0.15, 0.2) is 0 Å². The van der Waals surface area contributed by atoms with E-state index >= 15 is 0 Å². The predicted octanol–water partition coefficient (Wildman–Crippen LogP) is -0.0957. The van der Waals surface area contributed by atoms with Gasteiger partial charge < -0.3 is 10.2 Å². The maximum atomic E-state index is 12.5. The van der Waals surface area contributed by atoms with Crippen LogP contribution in [-0.2, 0) is 4.79 Å². The van der Waals surface area contributed by atoms with Gasteiger partial charge in [0.05, 0.1) is 12.5 Å². The van der Waals surface area contributed by atoms with Crippen LogP contribution in [0.4, 0.5) is 0 Å². The fraction of sp³-hybridized carbons (Fsp3) is 0.786. The van der Waals surface area contributed by atoms with Crippen LogP contribution < -0.4 is 5.32 Å². The molecule has 0 aliphatic carbocycles. The first-order valence-electron chi connectivity index (χ1n) is 6.98. The topological polar surface area (TPSA) is 35.6 Å². The molecule has 3 rings (SSSR count). The van der Waals surface area contributed by atoms with Crippen LogP contribution in [0, 0.1) is 18.3 Å². The van der Waals surface area contributed by atoms with Crippen molar-refractivity contribution in [2.45, 2.75) is 31.3 Å². The molecular formula is C14H21N3O. The third-order valence-electron chi connectivity index (χ3n) is 4.62. The largest absolute Gasteiger partial charge is 0.340 e. The summed E-state index contributed by atoms with van der Waals surface area (Å²) < 4.78 is 0. The number of carbonyl (C=O) groups excluding carboxylic acids is 1. The summed E-state index contributed by atoms with van der Waals surface area (Å²) in [7, 11) is 0. The maximum Gasteiger partial charge on any atom is 0.227 e. The zero-order valence-electron chi connectivity index (χ0n) is 10.8. The van der Waals surface area contributed by atoms with Crippen molar-refractivity contribution in [1.82, 2.24) is 15.1 Å². The Labute approximate surface area is 109 Å². The Hall–Kier alpha value is -1.05. The fourth-order valence-corrected chi connectivity index (χ4v) is 3.59. The lowest BCUT2D eigenvalue weighted by Gasteiger charge is -2.36. The average molecular weight is 247 g/mol. The van der Waals surface area contributed by atoms with Crippen LogP contribution in [0.25, 0.3) is 0 Å². The van der Waals surface area contributed by atoms with Gasteiger partial charge in [-0.2, -0.15) is 0 Å². The van der Waals surface area contributed by atoms with E-state index in [0.717, 1.165) is 32.6 Å². The number of rotatable bonds is 2. The lowest BCUT2D eigenvalue weighted by Crippen LogP contribution is -2.51. The summed E-state index contributed by atoms with van der Waals surface area (Å²) in [5.41, 5.74) is 0. The molecule has 98 valence electrons. The van der Waals surface area contributed by atoms with Crippen molar-refractivity contribution in [2.75, 3.05) is 32.7 Å². The Kier molecular flexibility index (Phi) is 3.27. The van der Waals surface area contributed by atoms with Gasteiger partial charge in [-0.05, 0) is 19.3 Å². The quantitative estimate of drug-likeness (QED) is 0.693. The van der Waals surface area contributed by atoms with E-state index in [1.165, 1.54) is 12.8 Å². The smallest absolute Gasteiger partial charge is 0.227 e. The molecule has 3 saturated heterocycles. The monoisotopic (exact) mass is 247 g/mol. The van der Waals surface area contributed by atoms with Gasteiger partial charge in [0.15, 0.2) is 0 Å². The Morgan fingerprint density at radius 3 is 2.61 bits per heavy atom. The minimum Gasteiger partial charge on any atom is -0.340 e. The minimum absolute atomic E-state index is 0.239. The second-order valence-corrected chi connectivity index (χ2v) is 5.70. The molecule has 3 atom stereocenters. The van der Waals surface area contributed by atoms with Crippen LogP contribution in [0.2, 0.25) is 0 Å². The van der Waals surface area contributed by atoms with Crippen LogP contribution in [0.5, 0.6) is 0 Å². The van der Waals surface area contributed by atoms with Gasteiger partial charge in [-0.25, -0.2) is 0 Å². The van der Waals surface area contributed by atoms with E-state index in [4.69, 9.17) is 6.42 Å². The molecule has 3 heterocycles. The Bertz CT molecular complexity index is 368. The molecule has 4 nitrogen and oxygen atoms in total. The molecule has 0 radical (unpaired) electrons. The number of hydrogen-bond donors (Lipinski definition) is 1. The van der Waals surface area contributed by atoms with Gasteiger partial charge in [-0.15, -0.1) is 6.42 Å². The summed E-state index contributed by atoms with van der Waals surface area (Å²) in [6.07, 6.45) is 8.80. The molecule has 2 bridgehead atoms. The van der Waals surface area contributed by atoms with Gasteiger partial charge in [0.25, 0.3) is 0 Å². The van der Waals surface area contributed by atoms with E-state index in [9.17, 15) is 4.79 Å². The molecule has 0 saturated carbocycles. The second kappa shape index (κ2) is 4.91. The van der Waals surface area contributed by atoms with Crippen molar-refractivity contribution >= 4 is 5.91 Å². The van der Waals surface area contributed by atoms with Gasteiger partial charge in [0.2, 0.25) is 5.91 Å². The van der Waals surface area contributed by atoms with Crippen molar-refractivity contribution in [3.8, 4) is 12.3 Å². The molecule has 4 heteroatoms. The summed E-state index contributed by atoms with van der Waals surface area (Å²) in [5.74, 6) is 3.28. The summed E-state index contributed by atoms with van der Waals surface area (Å²) >= 11 is 0.